The molecule has 1 unspecified atom stereocenters. The molecule has 0 aromatic heterocycles. The minimum Gasteiger partial charge on any atom is -0.336 e. The van der Waals surface area contributed by atoms with Gasteiger partial charge in [0.15, 0.2) is 0 Å². The van der Waals surface area contributed by atoms with Gasteiger partial charge in [-0.15, -0.1) is 12.4 Å². The summed E-state index contributed by atoms with van der Waals surface area (Å²) in [6, 6.07) is 6.44. The summed E-state index contributed by atoms with van der Waals surface area (Å²) < 4.78 is 13.0. The monoisotopic (exact) mass is 342 g/mol. The number of piperidine rings is 1. The van der Waals surface area contributed by atoms with E-state index < -0.39 is 0 Å². The van der Waals surface area contributed by atoms with Gasteiger partial charge in [-0.25, -0.2) is 4.39 Å². The van der Waals surface area contributed by atoms with Crippen LogP contribution in [0.5, 0.6) is 0 Å². The van der Waals surface area contributed by atoms with Crippen LogP contribution < -0.4 is 5.32 Å². The average molecular weight is 343 g/mol. The molecule has 1 aliphatic rings. The minimum atomic E-state index is -0.240. The molecule has 0 saturated carbocycles. The lowest BCUT2D eigenvalue weighted by molar-refractivity contribution is -0.133. The molecule has 0 aliphatic carbocycles. The summed E-state index contributed by atoms with van der Waals surface area (Å²) in [6.07, 6.45) is 3.94. The Kier molecular flexibility index (Phi) is 8.56. The van der Waals surface area contributed by atoms with Crippen LogP contribution in [0.2, 0.25) is 0 Å². The van der Waals surface area contributed by atoms with E-state index in [4.69, 9.17) is 0 Å². The highest BCUT2D eigenvalue weighted by atomic mass is 35.5. The van der Waals surface area contributed by atoms with Gasteiger partial charge in [-0.05, 0) is 69.8 Å². The van der Waals surface area contributed by atoms with Crippen LogP contribution in [0.4, 0.5) is 4.39 Å². The van der Waals surface area contributed by atoms with E-state index in [0.29, 0.717) is 18.9 Å². The first-order valence-corrected chi connectivity index (χ1v) is 8.37. The quantitative estimate of drug-likeness (QED) is 0.849. The minimum absolute atomic E-state index is 0. The van der Waals surface area contributed by atoms with Crippen LogP contribution in [-0.2, 0) is 4.79 Å². The number of nitrogens with one attached hydrogen (secondary N) is 1. The molecule has 0 radical (unpaired) electrons. The molecule has 3 nitrogen and oxygen atoms in total. The second-order valence-electron chi connectivity index (χ2n) is 6.14. The van der Waals surface area contributed by atoms with Crippen LogP contribution in [0.1, 0.15) is 51.1 Å². The van der Waals surface area contributed by atoms with Crippen LogP contribution in [0.25, 0.3) is 0 Å². The van der Waals surface area contributed by atoms with E-state index in [1.807, 2.05) is 18.7 Å². The summed E-state index contributed by atoms with van der Waals surface area (Å²) in [4.78, 5) is 14.4. The maximum absolute atomic E-state index is 13.0. The molecular formula is C18H28ClFN2O. The number of hydrogen-bond acceptors (Lipinski definition) is 2. The summed E-state index contributed by atoms with van der Waals surface area (Å²) in [7, 11) is 0. The highest BCUT2D eigenvalue weighted by molar-refractivity contribution is 5.85. The molecule has 1 aliphatic heterocycles. The molecule has 1 aromatic rings. The molecule has 1 aromatic carbocycles. The van der Waals surface area contributed by atoms with Crippen LogP contribution >= 0.6 is 12.4 Å². The highest BCUT2D eigenvalue weighted by Crippen LogP contribution is 2.23. The Bertz CT molecular complexity index is 474. The molecular weight excluding hydrogens is 315 g/mol. The Balaban J connectivity index is 0.00000264. The van der Waals surface area contributed by atoms with E-state index in [1.165, 1.54) is 25.0 Å². The van der Waals surface area contributed by atoms with Gasteiger partial charge in [-0.3, -0.25) is 4.79 Å². The zero-order valence-electron chi connectivity index (χ0n) is 14.1. The molecule has 0 spiro atoms. The predicted octanol–water partition coefficient (Wildman–Crippen LogP) is 3.94. The van der Waals surface area contributed by atoms with Gasteiger partial charge < -0.3 is 10.2 Å². The number of nitrogens with zero attached hydrogens (tertiary/aromatic N) is 1. The second kappa shape index (κ2) is 9.89. The van der Waals surface area contributed by atoms with Crippen molar-refractivity contribution in [2.24, 2.45) is 5.92 Å². The molecule has 5 heteroatoms. The molecule has 1 N–H and O–H groups in total. The van der Waals surface area contributed by atoms with Gasteiger partial charge in [0.05, 0.1) is 6.04 Å². The number of carbonyl (C=O) groups excluding carboxylic acids is 1. The maximum atomic E-state index is 13.0. The lowest BCUT2D eigenvalue weighted by Crippen LogP contribution is -2.34. The third-order valence-corrected chi connectivity index (χ3v) is 4.71. The third kappa shape index (κ3) is 5.78. The van der Waals surface area contributed by atoms with Gasteiger partial charge in [0, 0.05) is 13.0 Å². The summed E-state index contributed by atoms with van der Waals surface area (Å²) in [6.45, 7) is 6.84. The fourth-order valence-corrected chi connectivity index (χ4v) is 3.23. The highest BCUT2D eigenvalue weighted by Gasteiger charge is 2.21. The molecule has 130 valence electrons. The van der Waals surface area contributed by atoms with E-state index in [1.54, 1.807) is 12.1 Å². The lowest BCUT2D eigenvalue weighted by Gasteiger charge is -2.30. The molecule has 1 fully saturated rings. The van der Waals surface area contributed by atoms with E-state index in [0.717, 1.165) is 25.1 Å². The molecule has 1 heterocycles. The van der Waals surface area contributed by atoms with Crippen molar-refractivity contribution in [1.82, 2.24) is 10.2 Å². The first-order chi connectivity index (χ1) is 10.6. The van der Waals surface area contributed by atoms with Crippen molar-refractivity contribution in [3.8, 4) is 0 Å². The lowest BCUT2D eigenvalue weighted by atomic mass is 9.93. The van der Waals surface area contributed by atoms with Crippen molar-refractivity contribution in [3.63, 3.8) is 0 Å². The molecule has 23 heavy (non-hydrogen) atoms. The van der Waals surface area contributed by atoms with Crippen LogP contribution in [0, 0.1) is 11.7 Å². The number of hydrogen-bond donors (Lipinski definition) is 1. The van der Waals surface area contributed by atoms with E-state index >= 15 is 0 Å². The van der Waals surface area contributed by atoms with Crippen LogP contribution in [0.15, 0.2) is 24.3 Å². The van der Waals surface area contributed by atoms with Crippen molar-refractivity contribution >= 4 is 18.3 Å². The Labute approximate surface area is 145 Å². The Hall–Kier alpha value is -1.13. The Morgan fingerprint density at radius 3 is 2.48 bits per heavy atom. The van der Waals surface area contributed by atoms with Crippen molar-refractivity contribution in [3.05, 3.63) is 35.6 Å². The zero-order valence-corrected chi connectivity index (χ0v) is 14.9. The van der Waals surface area contributed by atoms with Crippen LogP contribution in [0.3, 0.4) is 0 Å². The van der Waals surface area contributed by atoms with E-state index in [9.17, 15) is 9.18 Å². The standard InChI is InChI=1S/C18H27FN2O.ClH/c1-3-21(14(2)16-5-7-17(19)8-6-16)18(22)9-4-15-10-12-20-13-11-15;/h5-8,14-15,20H,3-4,9-13H2,1-2H3;1H. The summed E-state index contributed by atoms with van der Waals surface area (Å²) in [5.41, 5.74) is 0.985. The first-order valence-electron chi connectivity index (χ1n) is 8.37. The van der Waals surface area contributed by atoms with Gasteiger partial charge in [0.2, 0.25) is 5.91 Å². The predicted molar refractivity (Wildman–Crippen MR) is 94.3 cm³/mol. The van der Waals surface area contributed by atoms with Crippen molar-refractivity contribution in [2.45, 2.75) is 45.6 Å². The summed E-state index contributed by atoms with van der Waals surface area (Å²) in [5.74, 6) is 0.638. The molecule has 1 saturated heterocycles. The van der Waals surface area contributed by atoms with Gasteiger partial charge in [0.25, 0.3) is 0 Å². The van der Waals surface area contributed by atoms with Crippen molar-refractivity contribution < 1.29 is 9.18 Å². The second-order valence-corrected chi connectivity index (χ2v) is 6.14. The average Bonchev–Trinajstić information content (AvgIpc) is 2.55. The number of carbonyl (C=O) groups is 1. The zero-order chi connectivity index (χ0) is 15.9. The van der Waals surface area contributed by atoms with Gasteiger partial charge in [-0.2, -0.15) is 0 Å². The third-order valence-electron chi connectivity index (χ3n) is 4.71. The number of rotatable bonds is 6. The Morgan fingerprint density at radius 2 is 1.91 bits per heavy atom. The van der Waals surface area contributed by atoms with Crippen LogP contribution in [-0.4, -0.2) is 30.4 Å². The fraction of sp³-hybridized carbons (Fsp3) is 0.611. The number of halogens is 2. The Morgan fingerprint density at radius 1 is 1.30 bits per heavy atom. The fourth-order valence-electron chi connectivity index (χ4n) is 3.23. The van der Waals surface area contributed by atoms with Gasteiger partial charge in [-0.1, -0.05) is 12.1 Å². The van der Waals surface area contributed by atoms with Crippen molar-refractivity contribution in [1.29, 1.82) is 0 Å². The molecule has 1 amide bonds. The smallest absolute Gasteiger partial charge is 0.223 e. The molecule has 1 atom stereocenters. The number of benzene rings is 1. The maximum Gasteiger partial charge on any atom is 0.223 e. The van der Waals surface area contributed by atoms with E-state index in [2.05, 4.69) is 5.32 Å². The largest absolute Gasteiger partial charge is 0.336 e. The summed E-state index contributed by atoms with van der Waals surface area (Å²) >= 11 is 0. The van der Waals surface area contributed by atoms with Crippen molar-refractivity contribution in [2.75, 3.05) is 19.6 Å². The summed E-state index contributed by atoms with van der Waals surface area (Å²) in [5, 5.41) is 3.35. The molecule has 0 bridgehead atoms. The number of amides is 1. The van der Waals surface area contributed by atoms with E-state index in [-0.39, 0.29) is 30.2 Å². The van der Waals surface area contributed by atoms with Gasteiger partial charge >= 0.3 is 0 Å². The SMILES string of the molecule is CCN(C(=O)CCC1CCNCC1)C(C)c1ccc(F)cc1.Cl. The van der Waals surface area contributed by atoms with Gasteiger partial charge in [0.1, 0.15) is 5.82 Å². The molecule has 2 rings (SSSR count). The first kappa shape index (κ1) is 19.9. The topological polar surface area (TPSA) is 32.3 Å². The normalized spacial score (nSPS) is 16.5.